The van der Waals surface area contributed by atoms with Gasteiger partial charge in [0.1, 0.15) is 11.6 Å². The number of halogens is 1. The molecule has 1 N–H and O–H groups in total. The van der Waals surface area contributed by atoms with Crippen molar-refractivity contribution in [2.75, 3.05) is 19.8 Å². The number of ether oxygens (including phenoxy) is 2. The van der Waals surface area contributed by atoms with Crippen LogP contribution in [0.5, 0.6) is 5.75 Å². The molecule has 0 aliphatic carbocycles. The van der Waals surface area contributed by atoms with Gasteiger partial charge in [0, 0.05) is 19.0 Å². The number of benzene rings is 2. The molecule has 27 heavy (non-hydrogen) atoms. The van der Waals surface area contributed by atoms with Gasteiger partial charge in [0.05, 0.1) is 0 Å². The van der Waals surface area contributed by atoms with E-state index in [4.69, 9.17) is 9.47 Å². The van der Waals surface area contributed by atoms with Gasteiger partial charge in [-0.05, 0) is 36.2 Å². The second-order valence-electron chi connectivity index (χ2n) is 5.76. The summed E-state index contributed by atoms with van der Waals surface area (Å²) in [4.78, 5) is 34.5. The molecule has 0 aliphatic rings. The van der Waals surface area contributed by atoms with Crippen LogP contribution in [0.4, 0.5) is 4.39 Å². The molecule has 0 atom stereocenters. The predicted molar refractivity (Wildman–Crippen MR) is 96.0 cm³/mol. The van der Waals surface area contributed by atoms with Crippen molar-refractivity contribution >= 4 is 17.7 Å². The van der Waals surface area contributed by atoms with Crippen LogP contribution < -0.4 is 10.1 Å². The summed E-state index contributed by atoms with van der Waals surface area (Å²) in [6.07, 6.45) is 0.657. The van der Waals surface area contributed by atoms with Gasteiger partial charge >= 0.3 is 5.97 Å². The van der Waals surface area contributed by atoms with Crippen molar-refractivity contribution in [1.82, 2.24) is 5.32 Å². The molecule has 2 rings (SSSR count). The highest BCUT2D eigenvalue weighted by Gasteiger charge is 2.11. The van der Waals surface area contributed by atoms with E-state index in [1.165, 1.54) is 31.2 Å². The van der Waals surface area contributed by atoms with E-state index < -0.39 is 18.4 Å². The molecule has 1 amide bonds. The molecule has 0 unspecified atom stereocenters. The molecule has 2 aromatic carbocycles. The van der Waals surface area contributed by atoms with Crippen LogP contribution in [0.2, 0.25) is 0 Å². The maximum atomic E-state index is 12.8. The predicted octanol–water partition coefficient (Wildman–Crippen LogP) is 2.31. The van der Waals surface area contributed by atoms with Gasteiger partial charge in [-0.1, -0.05) is 24.3 Å². The summed E-state index contributed by atoms with van der Waals surface area (Å²) >= 11 is 0. The fraction of sp³-hybridized carbons (Fsp3) is 0.250. The van der Waals surface area contributed by atoms with E-state index in [0.717, 1.165) is 5.56 Å². The third-order valence-corrected chi connectivity index (χ3v) is 3.60. The minimum atomic E-state index is -0.695. The molecule has 6 nitrogen and oxygen atoms in total. The van der Waals surface area contributed by atoms with E-state index in [9.17, 15) is 18.8 Å². The molecular formula is C20H20FNO5. The number of ketones is 1. The summed E-state index contributed by atoms with van der Waals surface area (Å²) in [5.74, 6) is -1.20. The van der Waals surface area contributed by atoms with E-state index in [0.29, 0.717) is 24.3 Å². The lowest BCUT2D eigenvalue weighted by Crippen LogP contribution is -2.22. The number of carbonyl (C=O) groups excluding carboxylic acids is 3. The highest BCUT2D eigenvalue weighted by Crippen LogP contribution is 2.11. The zero-order chi connectivity index (χ0) is 19.6. The number of hydrogen-bond donors (Lipinski definition) is 1. The van der Waals surface area contributed by atoms with Gasteiger partial charge in [-0.25, -0.2) is 9.18 Å². The molecular weight excluding hydrogens is 353 g/mol. The molecule has 142 valence electrons. The fourth-order valence-electron chi connectivity index (χ4n) is 2.18. The summed E-state index contributed by atoms with van der Waals surface area (Å²) < 4.78 is 22.8. The van der Waals surface area contributed by atoms with Crippen molar-refractivity contribution in [2.45, 2.75) is 13.3 Å². The van der Waals surface area contributed by atoms with Crippen LogP contribution in [0.1, 0.15) is 22.8 Å². The molecule has 0 heterocycles. The summed E-state index contributed by atoms with van der Waals surface area (Å²) in [5.41, 5.74) is 1.40. The van der Waals surface area contributed by atoms with Gasteiger partial charge in [0.25, 0.3) is 0 Å². The molecule has 7 heteroatoms. The normalized spacial score (nSPS) is 10.1. The highest BCUT2D eigenvalue weighted by atomic mass is 19.1. The lowest BCUT2D eigenvalue weighted by molar-refractivity contribution is -0.144. The van der Waals surface area contributed by atoms with Gasteiger partial charge in [-0.3, -0.25) is 9.59 Å². The Bertz CT molecular complexity index is 787. The second-order valence-corrected chi connectivity index (χ2v) is 5.76. The van der Waals surface area contributed by atoms with Crippen LogP contribution in [-0.2, 0) is 20.7 Å². The molecule has 0 saturated heterocycles. The van der Waals surface area contributed by atoms with Crippen LogP contribution in [0.25, 0.3) is 0 Å². The van der Waals surface area contributed by atoms with Gasteiger partial charge in [-0.15, -0.1) is 0 Å². The smallest absolute Gasteiger partial charge is 0.344 e. The minimum Gasteiger partial charge on any atom is -0.482 e. The van der Waals surface area contributed by atoms with Crippen LogP contribution in [-0.4, -0.2) is 37.4 Å². The standard InChI is InChI=1S/C20H20FNO5/c1-14(23)22-11-10-15-2-4-16(5-3-15)19(24)12-27-20(25)13-26-18-8-6-17(21)7-9-18/h2-9H,10-13H2,1H3,(H,22,23). The Morgan fingerprint density at radius 3 is 2.26 bits per heavy atom. The highest BCUT2D eigenvalue weighted by molar-refractivity contribution is 5.98. The van der Waals surface area contributed by atoms with Crippen LogP contribution in [0.15, 0.2) is 48.5 Å². The Morgan fingerprint density at radius 2 is 1.63 bits per heavy atom. The first kappa shape index (κ1) is 20.1. The SMILES string of the molecule is CC(=O)NCCc1ccc(C(=O)COC(=O)COc2ccc(F)cc2)cc1. The van der Waals surface area contributed by atoms with Gasteiger partial charge < -0.3 is 14.8 Å². The number of hydrogen-bond acceptors (Lipinski definition) is 5. The molecule has 0 bridgehead atoms. The van der Waals surface area contributed by atoms with Crippen LogP contribution >= 0.6 is 0 Å². The van der Waals surface area contributed by atoms with Crippen molar-refractivity contribution in [2.24, 2.45) is 0 Å². The summed E-state index contributed by atoms with van der Waals surface area (Å²) in [7, 11) is 0. The molecule has 0 spiro atoms. The van der Waals surface area contributed by atoms with E-state index in [1.54, 1.807) is 24.3 Å². The average molecular weight is 373 g/mol. The first-order valence-corrected chi connectivity index (χ1v) is 8.34. The van der Waals surface area contributed by atoms with Crippen LogP contribution in [0, 0.1) is 5.82 Å². The van der Waals surface area contributed by atoms with Gasteiger partial charge in [0.15, 0.2) is 19.0 Å². The van der Waals surface area contributed by atoms with Crippen molar-refractivity contribution < 1.29 is 28.2 Å². The largest absolute Gasteiger partial charge is 0.482 e. The van der Waals surface area contributed by atoms with Crippen LogP contribution in [0.3, 0.4) is 0 Å². The first-order chi connectivity index (χ1) is 12.9. The third-order valence-electron chi connectivity index (χ3n) is 3.60. The number of esters is 1. The molecule has 2 aromatic rings. The lowest BCUT2D eigenvalue weighted by Gasteiger charge is -2.07. The van der Waals surface area contributed by atoms with Crippen molar-refractivity contribution in [3.63, 3.8) is 0 Å². The van der Waals surface area contributed by atoms with E-state index in [2.05, 4.69) is 5.32 Å². The average Bonchev–Trinajstić information content (AvgIpc) is 2.66. The van der Waals surface area contributed by atoms with Gasteiger partial charge in [-0.2, -0.15) is 0 Å². The molecule has 0 saturated carbocycles. The number of carbonyl (C=O) groups is 3. The molecule has 0 radical (unpaired) electrons. The monoisotopic (exact) mass is 373 g/mol. The molecule has 0 aromatic heterocycles. The first-order valence-electron chi connectivity index (χ1n) is 8.34. The Balaban J connectivity index is 1.73. The Kier molecular flexibility index (Phi) is 7.49. The fourth-order valence-corrected chi connectivity index (χ4v) is 2.18. The maximum Gasteiger partial charge on any atom is 0.344 e. The molecule has 0 fully saturated rings. The summed E-state index contributed by atoms with van der Waals surface area (Å²) in [6, 6.07) is 12.1. The third kappa shape index (κ3) is 7.27. The zero-order valence-corrected chi connectivity index (χ0v) is 14.9. The Morgan fingerprint density at radius 1 is 0.963 bits per heavy atom. The number of amides is 1. The minimum absolute atomic E-state index is 0.0907. The van der Waals surface area contributed by atoms with Gasteiger partial charge in [0.2, 0.25) is 5.91 Å². The second kappa shape index (κ2) is 10.1. The summed E-state index contributed by atoms with van der Waals surface area (Å²) in [5, 5.41) is 2.70. The number of Topliss-reactive ketones (excluding diaryl/α,β-unsaturated/α-hetero) is 1. The lowest BCUT2D eigenvalue weighted by atomic mass is 10.1. The Hall–Kier alpha value is -3.22. The van der Waals surface area contributed by atoms with E-state index >= 15 is 0 Å². The Labute approximate surface area is 156 Å². The van der Waals surface area contributed by atoms with Crippen molar-refractivity contribution in [3.8, 4) is 5.75 Å². The number of nitrogens with one attached hydrogen (secondary N) is 1. The zero-order valence-electron chi connectivity index (χ0n) is 14.9. The van der Waals surface area contributed by atoms with E-state index in [1.807, 2.05) is 0 Å². The summed E-state index contributed by atoms with van der Waals surface area (Å²) in [6.45, 7) is 1.21. The van der Waals surface area contributed by atoms with Crippen molar-refractivity contribution in [3.05, 3.63) is 65.5 Å². The van der Waals surface area contributed by atoms with E-state index in [-0.39, 0.29) is 18.3 Å². The number of rotatable bonds is 9. The quantitative estimate of drug-likeness (QED) is 0.539. The maximum absolute atomic E-state index is 12.8. The topological polar surface area (TPSA) is 81.7 Å². The molecule has 0 aliphatic heterocycles. The van der Waals surface area contributed by atoms with Crippen molar-refractivity contribution in [1.29, 1.82) is 0 Å².